The van der Waals surface area contributed by atoms with Crippen LogP contribution in [-0.4, -0.2) is 39.6 Å². The van der Waals surface area contributed by atoms with Gasteiger partial charge in [-0.1, -0.05) is 49.4 Å². The third-order valence-corrected chi connectivity index (χ3v) is 8.94. The summed E-state index contributed by atoms with van der Waals surface area (Å²) in [6, 6.07) is 15.6. The van der Waals surface area contributed by atoms with Crippen LogP contribution in [0.3, 0.4) is 0 Å². The van der Waals surface area contributed by atoms with E-state index in [2.05, 4.69) is 5.32 Å². The number of sulfone groups is 2. The SMILES string of the molecule is CCc1ccc(S(=O)(=O)[C@@H]2CS(=O)(=O)C[C@@H]2NCc2ccccc2)cc1. The molecule has 0 amide bonds. The first kappa shape index (κ1) is 19.1. The summed E-state index contributed by atoms with van der Waals surface area (Å²) >= 11 is 0. The van der Waals surface area contributed by atoms with Gasteiger partial charge in [0.05, 0.1) is 21.7 Å². The second-order valence-corrected chi connectivity index (χ2v) is 11.0. The maximum atomic E-state index is 13.0. The fourth-order valence-corrected chi connectivity index (χ4v) is 7.96. The van der Waals surface area contributed by atoms with Crippen molar-refractivity contribution in [1.29, 1.82) is 0 Å². The quantitative estimate of drug-likeness (QED) is 0.812. The molecule has 3 rings (SSSR count). The van der Waals surface area contributed by atoms with Crippen molar-refractivity contribution in [2.75, 3.05) is 11.5 Å². The number of hydrogen-bond donors (Lipinski definition) is 1. The summed E-state index contributed by atoms with van der Waals surface area (Å²) in [6.45, 7) is 2.43. The Morgan fingerprint density at radius 2 is 1.62 bits per heavy atom. The van der Waals surface area contributed by atoms with Gasteiger partial charge in [-0.25, -0.2) is 16.8 Å². The molecule has 1 fully saturated rings. The summed E-state index contributed by atoms with van der Waals surface area (Å²) in [5.74, 6) is -0.492. The van der Waals surface area contributed by atoms with Crippen LogP contribution in [0.5, 0.6) is 0 Å². The van der Waals surface area contributed by atoms with E-state index in [0.717, 1.165) is 17.5 Å². The fourth-order valence-electron chi connectivity index (χ4n) is 3.25. The Bertz CT molecular complexity index is 952. The molecule has 0 bridgehead atoms. The van der Waals surface area contributed by atoms with Crippen LogP contribution in [0, 0.1) is 0 Å². The summed E-state index contributed by atoms with van der Waals surface area (Å²) < 4.78 is 50.4. The Labute approximate surface area is 155 Å². The van der Waals surface area contributed by atoms with Gasteiger partial charge >= 0.3 is 0 Å². The summed E-state index contributed by atoms with van der Waals surface area (Å²) in [5, 5.41) is 2.17. The Balaban J connectivity index is 1.84. The molecule has 0 aliphatic carbocycles. The van der Waals surface area contributed by atoms with Crippen LogP contribution in [0.15, 0.2) is 59.5 Å². The minimum Gasteiger partial charge on any atom is -0.308 e. The van der Waals surface area contributed by atoms with E-state index in [9.17, 15) is 16.8 Å². The van der Waals surface area contributed by atoms with Gasteiger partial charge in [-0.15, -0.1) is 0 Å². The lowest BCUT2D eigenvalue weighted by Crippen LogP contribution is -2.43. The molecule has 2 atom stereocenters. The molecule has 140 valence electrons. The van der Waals surface area contributed by atoms with E-state index in [-0.39, 0.29) is 16.4 Å². The Morgan fingerprint density at radius 3 is 2.23 bits per heavy atom. The highest BCUT2D eigenvalue weighted by atomic mass is 32.2. The normalized spacial score (nSPS) is 22.3. The first-order valence-corrected chi connectivity index (χ1v) is 12.0. The average Bonchev–Trinajstić information content (AvgIpc) is 2.96. The van der Waals surface area contributed by atoms with Gasteiger partial charge in [0, 0.05) is 12.6 Å². The number of hydrogen-bond acceptors (Lipinski definition) is 5. The summed E-state index contributed by atoms with van der Waals surface area (Å²) in [5.41, 5.74) is 2.03. The molecule has 1 saturated heterocycles. The highest BCUT2D eigenvalue weighted by Crippen LogP contribution is 2.26. The molecule has 0 radical (unpaired) electrons. The van der Waals surface area contributed by atoms with Crippen molar-refractivity contribution in [3.63, 3.8) is 0 Å². The molecule has 26 heavy (non-hydrogen) atoms. The predicted molar refractivity (Wildman–Crippen MR) is 103 cm³/mol. The highest BCUT2D eigenvalue weighted by molar-refractivity contribution is 7.96. The van der Waals surface area contributed by atoms with Crippen LogP contribution in [-0.2, 0) is 32.6 Å². The Hall–Kier alpha value is -1.70. The summed E-state index contributed by atoms with van der Waals surface area (Å²) in [6.07, 6.45) is 0.819. The van der Waals surface area contributed by atoms with Crippen molar-refractivity contribution in [3.8, 4) is 0 Å². The summed E-state index contributed by atoms with van der Waals surface area (Å²) in [7, 11) is -7.12. The predicted octanol–water partition coefficient (Wildman–Crippen LogP) is 1.98. The van der Waals surface area contributed by atoms with Crippen molar-refractivity contribution >= 4 is 19.7 Å². The zero-order valence-electron chi connectivity index (χ0n) is 14.6. The van der Waals surface area contributed by atoms with Gasteiger partial charge < -0.3 is 5.32 Å². The molecule has 1 aliphatic rings. The number of rotatable bonds is 6. The smallest absolute Gasteiger partial charge is 0.183 e. The molecule has 5 nitrogen and oxygen atoms in total. The third-order valence-electron chi connectivity index (χ3n) is 4.77. The number of benzene rings is 2. The maximum absolute atomic E-state index is 13.0. The molecule has 0 saturated carbocycles. The van der Waals surface area contributed by atoms with E-state index in [0.29, 0.717) is 6.54 Å². The number of aryl methyl sites for hydroxylation is 1. The van der Waals surface area contributed by atoms with Crippen molar-refractivity contribution in [3.05, 3.63) is 65.7 Å². The van der Waals surface area contributed by atoms with Crippen molar-refractivity contribution in [2.45, 2.75) is 36.1 Å². The van der Waals surface area contributed by atoms with Crippen molar-refractivity contribution < 1.29 is 16.8 Å². The molecule has 0 spiro atoms. The van der Waals surface area contributed by atoms with E-state index in [1.165, 1.54) is 0 Å². The van der Waals surface area contributed by atoms with Crippen molar-refractivity contribution in [1.82, 2.24) is 5.32 Å². The van der Waals surface area contributed by atoms with Crippen molar-refractivity contribution in [2.24, 2.45) is 0 Å². The van der Waals surface area contributed by atoms with Gasteiger partial charge in [0.2, 0.25) is 0 Å². The molecule has 2 aromatic rings. The second-order valence-electron chi connectivity index (χ2n) is 6.63. The molecular weight excluding hydrogens is 370 g/mol. The molecular formula is C19H23NO4S2. The molecule has 7 heteroatoms. The van der Waals surface area contributed by atoms with E-state index in [4.69, 9.17) is 0 Å². The molecule has 1 heterocycles. The molecule has 2 aromatic carbocycles. The molecule has 0 aromatic heterocycles. The topological polar surface area (TPSA) is 80.3 Å². The average molecular weight is 394 g/mol. The molecule has 0 unspecified atom stereocenters. The lowest BCUT2D eigenvalue weighted by molar-refractivity contribution is 0.526. The van der Waals surface area contributed by atoms with Gasteiger partial charge in [-0.2, -0.15) is 0 Å². The lowest BCUT2D eigenvalue weighted by atomic mass is 10.2. The fraction of sp³-hybridized carbons (Fsp3) is 0.368. The van der Waals surface area contributed by atoms with Gasteiger partial charge in [0.25, 0.3) is 0 Å². The zero-order chi connectivity index (χ0) is 18.8. The van der Waals surface area contributed by atoms with E-state index in [1.807, 2.05) is 37.3 Å². The zero-order valence-corrected chi connectivity index (χ0v) is 16.3. The van der Waals surface area contributed by atoms with Crippen LogP contribution in [0.25, 0.3) is 0 Å². The monoisotopic (exact) mass is 393 g/mol. The maximum Gasteiger partial charge on any atom is 0.183 e. The van der Waals surface area contributed by atoms with Crippen LogP contribution < -0.4 is 5.32 Å². The van der Waals surface area contributed by atoms with E-state index < -0.39 is 31.0 Å². The van der Waals surface area contributed by atoms with Crippen LogP contribution in [0.1, 0.15) is 18.1 Å². The van der Waals surface area contributed by atoms with Gasteiger partial charge in [-0.3, -0.25) is 0 Å². The molecule has 1 N–H and O–H groups in total. The largest absolute Gasteiger partial charge is 0.308 e. The van der Waals surface area contributed by atoms with Gasteiger partial charge in [0.1, 0.15) is 0 Å². The Kier molecular flexibility index (Phi) is 5.50. The Morgan fingerprint density at radius 1 is 0.962 bits per heavy atom. The van der Waals surface area contributed by atoms with E-state index in [1.54, 1.807) is 24.3 Å². The van der Waals surface area contributed by atoms with Crippen LogP contribution in [0.4, 0.5) is 0 Å². The second kappa shape index (κ2) is 7.50. The van der Waals surface area contributed by atoms with Crippen LogP contribution >= 0.6 is 0 Å². The van der Waals surface area contributed by atoms with E-state index >= 15 is 0 Å². The lowest BCUT2D eigenvalue weighted by Gasteiger charge is -2.20. The summed E-state index contributed by atoms with van der Waals surface area (Å²) in [4.78, 5) is 0.184. The first-order valence-electron chi connectivity index (χ1n) is 8.62. The van der Waals surface area contributed by atoms with Crippen LogP contribution in [0.2, 0.25) is 0 Å². The van der Waals surface area contributed by atoms with Gasteiger partial charge in [0.15, 0.2) is 19.7 Å². The van der Waals surface area contributed by atoms with Gasteiger partial charge in [-0.05, 0) is 29.7 Å². The highest BCUT2D eigenvalue weighted by Gasteiger charge is 2.45. The number of nitrogens with one attached hydrogen (secondary N) is 1. The first-order chi connectivity index (χ1) is 12.3. The standard InChI is InChI=1S/C19H23NO4S2/c1-2-15-8-10-17(11-9-15)26(23,24)19-14-25(21,22)13-18(19)20-12-16-6-4-3-5-7-16/h3-11,18-20H,2,12-14H2,1H3/t18-,19+/m0/s1. The minimum atomic E-state index is -3.73. The minimum absolute atomic E-state index is 0.156. The molecule has 1 aliphatic heterocycles. The third kappa shape index (κ3) is 4.16.